The highest BCUT2D eigenvalue weighted by molar-refractivity contribution is 7.13. The van der Waals surface area contributed by atoms with Crippen molar-refractivity contribution in [1.82, 2.24) is 15.3 Å². The number of carbonyl (C=O) groups is 1. The third-order valence-corrected chi connectivity index (χ3v) is 4.19. The van der Waals surface area contributed by atoms with E-state index >= 15 is 0 Å². The van der Waals surface area contributed by atoms with E-state index in [0.717, 1.165) is 10.6 Å². The number of pyridine rings is 1. The number of nitro groups is 1. The van der Waals surface area contributed by atoms with Gasteiger partial charge in [0.15, 0.2) is 0 Å². The standard InChI is InChI=1S/C16H12N4O3S/c21-15(13-3-1-2-4-14(13)20(22)23)18-9-12-10-24-16(19-12)11-5-7-17-8-6-11/h1-8,10H,9H2,(H,18,21). The normalized spacial score (nSPS) is 10.3. The number of thiazole rings is 1. The van der Waals surface area contributed by atoms with Crippen LogP contribution in [0.5, 0.6) is 0 Å². The van der Waals surface area contributed by atoms with Crippen molar-refractivity contribution in [1.29, 1.82) is 0 Å². The fourth-order valence-electron chi connectivity index (χ4n) is 2.11. The number of carbonyl (C=O) groups excluding carboxylic acids is 1. The highest BCUT2D eigenvalue weighted by Crippen LogP contribution is 2.23. The van der Waals surface area contributed by atoms with Gasteiger partial charge in [-0.05, 0) is 18.2 Å². The van der Waals surface area contributed by atoms with Crippen LogP contribution in [-0.4, -0.2) is 20.8 Å². The molecule has 0 spiro atoms. The first-order valence-corrected chi connectivity index (χ1v) is 7.89. The summed E-state index contributed by atoms with van der Waals surface area (Å²) in [4.78, 5) is 31.0. The molecule has 7 nitrogen and oxygen atoms in total. The summed E-state index contributed by atoms with van der Waals surface area (Å²) >= 11 is 1.46. The first-order valence-electron chi connectivity index (χ1n) is 7.01. The van der Waals surface area contributed by atoms with Crippen molar-refractivity contribution < 1.29 is 9.72 Å². The van der Waals surface area contributed by atoms with Crippen molar-refractivity contribution in [3.05, 3.63) is 75.5 Å². The van der Waals surface area contributed by atoms with E-state index in [9.17, 15) is 14.9 Å². The van der Waals surface area contributed by atoms with E-state index in [2.05, 4.69) is 15.3 Å². The number of nitro benzene ring substituents is 1. The van der Waals surface area contributed by atoms with Gasteiger partial charge >= 0.3 is 0 Å². The topological polar surface area (TPSA) is 98.0 Å². The molecular formula is C16H12N4O3S. The van der Waals surface area contributed by atoms with E-state index in [4.69, 9.17) is 0 Å². The number of nitrogens with one attached hydrogen (secondary N) is 1. The molecule has 120 valence electrons. The van der Waals surface area contributed by atoms with E-state index in [0.29, 0.717) is 5.69 Å². The van der Waals surface area contributed by atoms with Crippen LogP contribution < -0.4 is 5.32 Å². The van der Waals surface area contributed by atoms with Gasteiger partial charge in [0.1, 0.15) is 10.6 Å². The zero-order valence-corrected chi connectivity index (χ0v) is 13.2. The fourth-order valence-corrected chi connectivity index (χ4v) is 2.93. The summed E-state index contributed by atoms with van der Waals surface area (Å²) in [6.45, 7) is 0.201. The van der Waals surface area contributed by atoms with Crippen molar-refractivity contribution in [2.75, 3.05) is 0 Å². The molecule has 8 heteroatoms. The minimum Gasteiger partial charge on any atom is -0.346 e. The van der Waals surface area contributed by atoms with Crippen LogP contribution in [0.25, 0.3) is 10.6 Å². The van der Waals surface area contributed by atoms with Gasteiger partial charge in [-0.25, -0.2) is 4.98 Å². The van der Waals surface area contributed by atoms with Crippen molar-refractivity contribution in [3.8, 4) is 10.6 Å². The molecule has 0 bridgehead atoms. The molecule has 0 aliphatic rings. The second kappa shape index (κ2) is 6.97. The Bertz CT molecular complexity index is 880. The number of rotatable bonds is 5. The lowest BCUT2D eigenvalue weighted by molar-refractivity contribution is -0.385. The molecule has 0 unspecified atom stereocenters. The van der Waals surface area contributed by atoms with Crippen LogP contribution in [0.3, 0.4) is 0 Å². The molecule has 2 heterocycles. The van der Waals surface area contributed by atoms with Crippen LogP contribution in [0.4, 0.5) is 5.69 Å². The molecule has 0 radical (unpaired) electrons. The molecule has 24 heavy (non-hydrogen) atoms. The molecule has 1 N–H and O–H groups in total. The average Bonchev–Trinajstić information content (AvgIpc) is 3.09. The number of nitrogens with zero attached hydrogens (tertiary/aromatic N) is 3. The summed E-state index contributed by atoms with van der Waals surface area (Å²) in [6.07, 6.45) is 3.37. The summed E-state index contributed by atoms with van der Waals surface area (Å²) in [5.41, 5.74) is 1.46. The molecule has 3 rings (SSSR count). The van der Waals surface area contributed by atoms with Gasteiger partial charge < -0.3 is 5.32 Å². The second-order valence-corrected chi connectivity index (χ2v) is 5.69. The molecule has 0 atom stereocenters. The Morgan fingerprint density at radius 2 is 1.96 bits per heavy atom. The molecule has 0 aliphatic carbocycles. The summed E-state index contributed by atoms with van der Waals surface area (Å²) in [7, 11) is 0. The summed E-state index contributed by atoms with van der Waals surface area (Å²) in [6, 6.07) is 9.56. The van der Waals surface area contributed by atoms with Crippen molar-refractivity contribution in [3.63, 3.8) is 0 Å². The van der Waals surface area contributed by atoms with Crippen LogP contribution in [0.15, 0.2) is 54.2 Å². The van der Waals surface area contributed by atoms with Gasteiger partial charge in [0.25, 0.3) is 11.6 Å². The Labute approximate surface area is 141 Å². The Kier molecular flexibility index (Phi) is 4.57. The minimum absolute atomic E-state index is 0.0343. The predicted octanol–water partition coefficient (Wildman–Crippen LogP) is 3.04. The summed E-state index contributed by atoms with van der Waals surface area (Å²) in [5.74, 6) is -0.499. The van der Waals surface area contributed by atoms with Crippen molar-refractivity contribution >= 4 is 22.9 Å². The molecule has 0 saturated heterocycles. The maximum absolute atomic E-state index is 12.2. The van der Waals surface area contributed by atoms with E-state index in [1.165, 1.54) is 29.5 Å². The maximum atomic E-state index is 12.2. The number of aromatic nitrogens is 2. The quantitative estimate of drug-likeness (QED) is 0.568. The number of benzene rings is 1. The molecular weight excluding hydrogens is 328 g/mol. The molecule has 1 aromatic carbocycles. The summed E-state index contributed by atoms with van der Waals surface area (Å²) < 4.78 is 0. The van der Waals surface area contributed by atoms with Crippen LogP contribution >= 0.6 is 11.3 Å². The smallest absolute Gasteiger partial charge is 0.282 e. The highest BCUT2D eigenvalue weighted by atomic mass is 32.1. The van der Waals surface area contributed by atoms with E-state index in [1.54, 1.807) is 18.5 Å². The van der Waals surface area contributed by atoms with Crippen LogP contribution in [0.2, 0.25) is 0 Å². The number of para-hydroxylation sites is 1. The first kappa shape index (κ1) is 15.8. The zero-order valence-electron chi connectivity index (χ0n) is 12.4. The monoisotopic (exact) mass is 340 g/mol. The Morgan fingerprint density at radius 1 is 1.21 bits per heavy atom. The van der Waals surface area contributed by atoms with Crippen molar-refractivity contribution in [2.45, 2.75) is 6.54 Å². The molecule has 0 aliphatic heterocycles. The summed E-state index contributed by atoms with van der Waals surface area (Å²) in [5, 5.41) is 16.3. The van der Waals surface area contributed by atoms with E-state index in [1.807, 2.05) is 17.5 Å². The highest BCUT2D eigenvalue weighted by Gasteiger charge is 2.19. The van der Waals surface area contributed by atoms with Crippen molar-refractivity contribution in [2.24, 2.45) is 0 Å². The molecule has 3 aromatic rings. The third kappa shape index (κ3) is 3.44. The van der Waals surface area contributed by atoms with Gasteiger partial charge in [-0.3, -0.25) is 19.9 Å². The lowest BCUT2D eigenvalue weighted by atomic mass is 10.1. The fraction of sp³-hybridized carbons (Fsp3) is 0.0625. The SMILES string of the molecule is O=C(NCc1csc(-c2ccncc2)n1)c1ccccc1[N+](=O)[O-]. The Hall–Kier alpha value is -3.13. The van der Waals surface area contributed by atoms with E-state index in [-0.39, 0.29) is 17.8 Å². The second-order valence-electron chi connectivity index (χ2n) is 4.84. The lowest BCUT2D eigenvalue weighted by Crippen LogP contribution is -2.23. The van der Waals surface area contributed by atoms with Gasteiger partial charge in [-0.15, -0.1) is 11.3 Å². The van der Waals surface area contributed by atoms with Crippen LogP contribution in [-0.2, 0) is 6.54 Å². The number of hydrogen-bond acceptors (Lipinski definition) is 6. The Balaban J connectivity index is 1.70. The predicted molar refractivity (Wildman–Crippen MR) is 89.6 cm³/mol. The molecule has 0 fully saturated rings. The van der Waals surface area contributed by atoms with Crippen LogP contribution in [0.1, 0.15) is 16.1 Å². The van der Waals surface area contributed by atoms with Gasteiger partial charge in [-0.1, -0.05) is 12.1 Å². The van der Waals surface area contributed by atoms with Gasteiger partial charge in [-0.2, -0.15) is 0 Å². The lowest BCUT2D eigenvalue weighted by Gasteiger charge is -2.04. The number of hydrogen-bond donors (Lipinski definition) is 1. The van der Waals surface area contributed by atoms with Gasteiger partial charge in [0.05, 0.1) is 17.2 Å². The van der Waals surface area contributed by atoms with E-state index < -0.39 is 10.8 Å². The third-order valence-electron chi connectivity index (χ3n) is 3.25. The zero-order chi connectivity index (χ0) is 16.9. The molecule has 0 saturated carbocycles. The first-order chi connectivity index (χ1) is 11.6. The van der Waals surface area contributed by atoms with Crippen LogP contribution in [0, 0.1) is 10.1 Å². The van der Waals surface area contributed by atoms with Gasteiger partial charge in [0.2, 0.25) is 0 Å². The largest absolute Gasteiger partial charge is 0.346 e. The minimum atomic E-state index is -0.570. The molecule has 1 amide bonds. The Morgan fingerprint density at radius 3 is 2.71 bits per heavy atom. The average molecular weight is 340 g/mol. The molecule has 2 aromatic heterocycles. The maximum Gasteiger partial charge on any atom is 0.282 e. The number of amides is 1. The van der Waals surface area contributed by atoms with Gasteiger partial charge in [0, 0.05) is 29.4 Å².